The van der Waals surface area contributed by atoms with Gasteiger partial charge in [0.25, 0.3) is 5.89 Å². The highest BCUT2D eigenvalue weighted by Gasteiger charge is 2.12. The summed E-state index contributed by atoms with van der Waals surface area (Å²) in [4.78, 5) is 4.26. The highest BCUT2D eigenvalue weighted by atomic mass is 35.5. The predicted octanol–water partition coefficient (Wildman–Crippen LogP) is 2.55. The molecule has 0 aliphatic carbocycles. The molecule has 2 rings (SSSR count). The van der Waals surface area contributed by atoms with E-state index in [0.717, 1.165) is 0 Å². The Bertz CT molecular complexity index is 528. The van der Waals surface area contributed by atoms with Crippen LogP contribution in [0.1, 0.15) is 12.7 Å². The summed E-state index contributed by atoms with van der Waals surface area (Å²) < 4.78 is 10.4. The van der Waals surface area contributed by atoms with Gasteiger partial charge in [0, 0.05) is 18.7 Å². The smallest absolute Gasteiger partial charge is 0.259 e. The Balaban J connectivity index is 2.16. The quantitative estimate of drug-likeness (QED) is 0.666. The van der Waals surface area contributed by atoms with Gasteiger partial charge in [0.2, 0.25) is 0 Å². The summed E-state index contributed by atoms with van der Waals surface area (Å²) in [6.07, 6.45) is 0.608. The van der Waals surface area contributed by atoms with E-state index in [1.165, 1.54) is 0 Å². The number of nitrogens with two attached hydrogens (primary N) is 1. The van der Waals surface area contributed by atoms with Crippen LogP contribution < -0.4 is 5.73 Å². The Kier molecular flexibility index (Phi) is 4.17. The number of hydrogen-bond acceptors (Lipinski definition) is 5. The summed E-state index contributed by atoms with van der Waals surface area (Å²) in [5, 5.41) is 4.40. The normalized spacial score (nSPS) is 10.8. The molecular weight excluding hydrogens is 254 g/mol. The predicted molar refractivity (Wildman–Crippen MR) is 69.4 cm³/mol. The van der Waals surface area contributed by atoms with Crippen LogP contribution in [-0.2, 0) is 11.2 Å². The molecule has 0 aliphatic rings. The molecule has 0 aliphatic heterocycles. The molecule has 6 heteroatoms. The van der Waals surface area contributed by atoms with Gasteiger partial charge in [-0.1, -0.05) is 16.8 Å². The minimum Gasteiger partial charge on any atom is -0.399 e. The summed E-state index contributed by atoms with van der Waals surface area (Å²) in [5.74, 6) is 0.968. The van der Waals surface area contributed by atoms with E-state index in [0.29, 0.717) is 47.6 Å². The minimum absolute atomic E-state index is 0.374. The zero-order chi connectivity index (χ0) is 13.0. The number of nitrogen functional groups attached to an aromatic ring is 1. The maximum absolute atomic E-state index is 6.06. The van der Waals surface area contributed by atoms with Gasteiger partial charge in [-0.2, -0.15) is 4.98 Å². The molecule has 1 aromatic carbocycles. The van der Waals surface area contributed by atoms with Crippen molar-refractivity contribution >= 4 is 17.3 Å². The highest BCUT2D eigenvalue weighted by Crippen LogP contribution is 2.28. The lowest BCUT2D eigenvalue weighted by molar-refractivity contribution is 0.149. The van der Waals surface area contributed by atoms with Gasteiger partial charge < -0.3 is 15.0 Å². The zero-order valence-corrected chi connectivity index (χ0v) is 10.8. The molecule has 2 N–H and O–H groups in total. The number of aromatic nitrogens is 2. The van der Waals surface area contributed by atoms with Gasteiger partial charge in [-0.05, 0) is 25.1 Å². The van der Waals surface area contributed by atoms with E-state index in [1.54, 1.807) is 18.2 Å². The maximum atomic E-state index is 6.06. The topological polar surface area (TPSA) is 74.2 Å². The first-order valence-corrected chi connectivity index (χ1v) is 6.04. The van der Waals surface area contributed by atoms with Crippen LogP contribution in [0.25, 0.3) is 11.5 Å². The van der Waals surface area contributed by atoms with E-state index >= 15 is 0 Å². The van der Waals surface area contributed by atoms with Crippen molar-refractivity contribution in [3.63, 3.8) is 0 Å². The Morgan fingerprint density at radius 2 is 2.28 bits per heavy atom. The monoisotopic (exact) mass is 267 g/mol. The number of hydrogen-bond donors (Lipinski definition) is 1. The molecule has 1 aromatic heterocycles. The fourth-order valence-electron chi connectivity index (χ4n) is 1.48. The molecule has 0 radical (unpaired) electrons. The SMILES string of the molecule is CCOCCc1noc(-c2cc(N)ccc2Cl)n1. The van der Waals surface area contributed by atoms with Gasteiger partial charge in [-0.3, -0.25) is 0 Å². The molecular formula is C12H14ClN3O2. The van der Waals surface area contributed by atoms with Crippen LogP contribution in [0.5, 0.6) is 0 Å². The first-order valence-electron chi connectivity index (χ1n) is 5.66. The summed E-state index contributed by atoms with van der Waals surface area (Å²) >= 11 is 6.06. The Morgan fingerprint density at radius 3 is 3.06 bits per heavy atom. The molecule has 0 saturated heterocycles. The molecule has 0 amide bonds. The second-order valence-corrected chi connectivity index (χ2v) is 4.11. The summed E-state index contributed by atoms with van der Waals surface area (Å²) in [6, 6.07) is 5.14. The van der Waals surface area contributed by atoms with E-state index in [-0.39, 0.29) is 0 Å². The zero-order valence-electron chi connectivity index (χ0n) is 10.0. The Labute approximate surface area is 110 Å². The van der Waals surface area contributed by atoms with Crippen LogP contribution in [0.15, 0.2) is 22.7 Å². The number of rotatable bonds is 5. The van der Waals surface area contributed by atoms with Crippen LogP contribution in [0.3, 0.4) is 0 Å². The van der Waals surface area contributed by atoms with Crippen LogP contribution in [0, 0.1) is 0 Å². The number of nitrogens with zero attached hydrogens (tertiary/aromatic N) is 2. The van der Waals surface area contributed by atoms with Crippen LogP contribution in [-0.4, -0.2) is 23.4 Å². The lowest BCUT2D eigenvalue weighted by atomic mass is 10.2. The van der Waals surface area contributed by atoms with Gasteiger partial charge in [0.05, 0.1) is 17.2 Å². The molecule has 0 fully saturated rings. The van der Waals surface area contributed by atoms with E-state index in [1.807, 2.05) is 6.92 Å². The third kappa shape index (κ3) is 3.00. The van der Waals surface area contributed by atoms with Crippen LogP contribution in [0.4, 0.5) is 5.69 Å². The first-order chi connectivity index (χ1) is 8.70. The van der Waals surface area contributed by atoms with Gasteiger partial charge in [-0.25, -0.2) is 0 Å². The van der Waals surface area contributed by atoms with E-state index < -0.39 is 0 Å². The molecule has 0 saturated carbocycles. The molecule has 0 atom stereocenters. The van der Waals surface area contributed by atoms with Crippen molar-refractivity contribution in [1.82, 2.24) is 10.1 Å². The summed E-state index contributed by atoms with van der Waals surface area (Å²) in [5.41, 5.74) is 6.95. The van der Waals surface area contributed by atoms with Crippen molar-refractivity contribution in [2.75, 3.05) is 18.9 Å². The molecule has 1 heterocycles. The first kappa shape index (κ1) is 12.9. The van der Waals surface area contributed by atoms with E-state index in [9.17, 15) is 0 Å². The second-order valence-electron chi connectivity index (χ2n) is 3.70. The fraction of sp³-hybridized carbons (Fsp3) is 0.333. The number of ether oxygens (including phenoxy) is 1. The molecule has 2 aromatic rings. The molecule has 5 nitrogen and oxygen atoms in total. The number of halogens is 1. The molecule has 0 bridgehead atoms. The highest BCUT2D eigenvalue weighted by molar-refractivity contribution is 6.33. The van der Waals surface area contributed by atoms with Crippen molar-refractivity contribution in [1.29, 1.82) is 0 Å². The van der Waals surface area contributed by atoms with Crippen molar-refractivity contribution < 1.29 is 9.26 Å². The van der Waals surface area contributed by atoms with Gasteiger partial charge >= 0.3 is 0 Å². The van der Waals surface area contributed by atoms with Gasteiger partial charge in [-0.15, -0.1) is 0 Å². The Morgan fingerprint density at radius 1 is 1.44 bits per heavy atom. The molecule has 96 valence electrons. The van der Waals surface area contributed by atoms with Crippen LogP contribution in [0.2, 0.25) is 5.02 Å². The van der Waals surface area contributed by atoms with Gasteiger partial charge in [0.15, 0.2) is 5.82 Å². The molecule has 18 heavy (non-hydrogen) atoms. The van der Waals surface area contributed by atoms with Crippen molar-refractivity contribution in [3.05, 3.63) is 29.0 Å². The minimum atomic E-state index is 0.374. The van der Waals surface area contributed by atoms with Crippen LogP contribution >= 0.6 is 11.6 Å². The lowest BCUT2D eigenvalue weighted by Crippen LogP contribution is -1.99. The third-order valence-electron chi connectivity index (χ3n) is 2.36. The van der Waals surface area contributed by atoms with Gasteiger partial charge in [0.1, 0.15) is 0 Å². The molecule has 0 unspecified atom stereocenters. The largest absolute Gasteiger partial charge is 0.399 e. The lowest BCUT2D eigenvalue weighted by Gasteiger charge is -1.99. The Hall–Kier alpha value is -1.59. The fourth-order valence-corrected chi connectivity index (χ4v) is 1.68. The number of anilines is 1. The third-order valence-corrected chi connectivity index (χ3v) is 2.69. The van der Waals surface area contributed by atoms with Crippen molar-refractivity contribution in [2.45, 2.75) is 13.3 Å². The average Bonchev–Trinajstić information content (AvgIpc) is 2.81. The summed E-state index contributed by atoms with van der Waals surface area (Å²) in [6.45, 7) is 3.18. The van der Waals surface area contributed by atoms with E-state index in [4.69, 9.17) is 26.6 Å². The average molecular weight is 268 g/mol. The second kappa shape index (κ2) is 5.84. The van der Waals surface area contributed by atoms with Crippen molar-refractivity contribution in [2.24, 2.45) is 0 Å². The number of benzene rings is 1. The maximum Gasteiger partial charge on any atom is 0.259 e. The molecule has 0 spiro atoms. The van der Waals surface area contributed by atoms with E-state index in [2.05, 4.69) is 10.1 Å². The summed E-state index contributed by atoms with van der Waals surface area (Å²) in [7, 11) is 0. The van der Waals surface area contributed by atoms with Crippen molar-refractivity contribution in [3.8, 4) is 11.5 Å². The standard InChI is InChI=1S/C12H14ClN3O2/c1-2-17-6-5-11-15-12(18-16-11)9-7-8(14)3-4-10(9)13/h3-4,7H,2,5-6,14H2,1H3.